The van der Waals surface area contributed by atoms with E-state index >= 15 is 0 Å². The van der Waals surface area contributed by atoms with Crippen molar-refractivity contribution < 1.29 is 0 Å². The fourth-order valence-corrected chi connectivity index (χ4v) is 2.03. The summed E-state index contributed by atoms with van der Waals surface area (Å²) in [5.41, 5.74) is 11.0. The van der Waals surface area contributed by atoms with Gasteiger partial charge in [-0.15, -0.1) is 0 Å². The summed E-state index contributed by atoms with van der Waals surface area (Å²) in [6.45, 7) is 4.12. The summed E-state index contributed by atoms with van der Waals surface area (Å²) in [5.74, 6) is 0. The number of halogens is 1. The van der Waals surface area contributed by atoms with Crippen molar-refractivity contribution in [1.29, 1.82) is 0 Å². The Hall–Kier alpha value is -1.48. The molecule has 0 saturated carbocycles. The van der Waals surface area contributed by atoms with Crippen molar-refractivity contribution in [3.63, 3.8) is 0 Å². The first-order valence-corrected chi connectivity index (χ1v) is 6.25. The van der Waals surface area contributed by atoms with Gasteiger partial charge in [0.15, 0.2) is 0 Å². The second kappa shape index (κ2) is 4.80. The van der Waals surface area contributed by atoms with Gasteiger partial charge in [-0.1, -0.05) is 22.0 Å². The first-order chi connectivity index (χ1) is 8.06. The monoisotopic (exact) mass is 290 g/mol. The van der Waals surface area contributed by atoms with E-state index in [2.05, 4.69) is 46.4 Å². The highest BCUT2D eigenvalue weighted by molar-refractivity contribution is 9.10. The molecular formula is C14H15BrN2. The standard InChI is InChI=1S/C14H15BrN2/c1-9-3-5-12(8-13(9)15)17-14-6-4-11(16)7-10(14)2/h3-8,17H,16H2,1-2H3. The second-order valence-electron chi connectivity index (χ2n) is 4.16. The first-order valence-electron chi connectivity index (χ1n) is 5.45. The third-order valence-electron chi connectivity index (χ3n) is 2.70. The molecule has 0 fully saturated rings. The van der Waals surface area contributed by atoms with Gasteiger partial charge in [-0.2, -0.15) is 0 Å². The zero-order valence-corrected chi connectivity index (χ0v) is 11.5. The van der Waals surface area contributed by atoms with Crippen molar-refractivity contribution in [3.8, 4) is 0 Å². The lowest BCUT2D eigenvalue weighted by Crippen LogP contribution is -1.95. The highest BCUT2D eigenvalue weighted by Crippen LogP contribution is 2.26. The lowest BCUT2D eigenvalue weighted by atomic mass is 10.1. The summed E-state index contributed by atoms with van der Waals surface area (Å²) in [5, 5.41) is 3.38. The van der Waals surface area contributed by atoms with Crippen LogP contribution in [0.2, 0.25) is 0 Å². The fourth-order valence-electron chi connectivity index (χ4n) is 1.65. The van der Waals surface area contributed by atoms with Gasteiger partial charge in [0.25, 0.3) is 0 Å². The maximum Gasteiger partial charge on any atom is 0.0415 e. The molecule has 0 aliphatic carbocycles. The molecule has 3 N–H and O–H groups in total. The van der Waals surface area contributed by atoms with Gasteiger partial charge in [0.05, 0.1) is 0 Å². The van der Waals surface area contributed by atoms with Crippen molar-refractivity contribution >= 4 is 33.0 Å². The highest BCUT2D eigenvalue weighted by atomic mass is 79.9. The summed E-state index contributed by atoms with van der Waals surface area (Å²) in [6, 6.07) is 12.1. The van der Waals surface area contributed by atoms with E-state index in [-0.39, 0.29) is 0 Å². The van der Waals surface area contributed by atoms with Crippen LogP contribution < -0.4 is 11.1 Å². The summed E-state index contributed by atoms with van der Waals surface area (Å²) >= 11 is 3.53. The number of hydrogen-bond acceptors (Lipinski definition) is 2. The molecule has 0 amide bonds. The number of rotatable bonds is 2. The van der Waals surface area contributed by atoms with Gasteiger partial charge in [-0.3, -0.25) is 0 Å². The van der Waals surface area contributed by atoms with E-state index in [9.17, 15) is 0 Å². The Bertz CT molecular complexity index is 550. The smallest absolute Gasteiger partial charge is 0.0415 e. The van der Waals surface area contributed by atoms with Crippen molar-refractivity contribution in [2.75, 3.05) is 11.1 Å². The number of nitrogen functional groups attached to an aromatic ring is 1. The van der Waals surface area contributed by atoms with Crippen LogP contribution >= 0.6 is 15.9 Å². The van der Waals surface area contributed by atoms with E-state index in [1.54, 1.807) is 0 Å². The molecule has 3 heteroatoms. The number of benzene rings is 2. The Morgan fingerprint density at radius 1 is 1.00 bits per heavy atom. The number of hydrogen-bond donors (Lipinski definition) is 2. The average Bonchev–Trinajstić information content (AvgIpc) is 2.27. The van der Waals surface area contributed by atoms with Gasteiger partial charge in [0, 0.05) is 21.5 Å². The summed E-state index contributed by atoms with van der Waals surface area (Å²) in [7, 11) is 0. The predicted molar refractivity (Wildman–Crippen MR) is 77.8 cm³/mol. The Balaban J connectivity index is 2.28. The molecule has 0 bridgehead atoms. The van der Waals surface area contributed by atoms with E-state index in [1.807, 2.05) is 25.1 Å². The zero-order chi connectivity index (χ0) is 12.4. The van der Waals surface area contributed by atoms with Gasteiger partial charge in [0.2, 0.25) is 0 Å². The molecule has 0 spiro atoms. The Morgan fingerprint density at radius 3 is 2.41 bits per heavy atom. The fraction of sp³-hybridized carbons (Fsp3) is 0.143. The van der Waals surface area contributed by atoms with E-state index in [1.165, 1.54) is 5.56 Å². The molecule has 17 heavy (non-hydrogen) atoms. The quantitative estimate of drug-likeness (QED) is 0.805. The van der Waals surface area contributed by atoms with Crippen molar-refractivity contribution in [3.05, 3.63) is 52.0 Å². The molecular weight excluding hydrogens is 276 g/mol. The molecule has 0 aromatic heterocycles. The van der Waals surface area contributed by atoms with Crippen molar-refractivity contribution in [1.82, 2.24) is 0 Å². The molecule has 2 rings (SSSR count). The van der Waals surface area contributed by atoms with Crippen molar-refractivity contribution in [2.24, 2.45) is 0 Å². The molecule has 0 heterocycles. The Labute approximate surface area is 110 Å². The van der Waals surface area contributed by atoms with Gasteiger partial charge < -0.3 is 11.1 Å². The highest BCUT2D eigenvalue weighted by Gasteiger charge is 2.01. The molecule has 0 radical (unpaired) electrons. The van der Waals surface area contributed by atoms with E-state index in [0.717, 1.165) is 27.1 Å². The first kappa shape index (κ1) is 12.0. The van der Waals surface area contributed by atoms with E-state index < -0.39 is 0 Å². The Kier molecular flexibility index (Phi) is 3.38. The lowest BCUT2D eigenvalue weighted by molar-refractivity contribution is 1.40. The normalized spacial score (nSPS) is 10.3. The van der Waals surface area contributed by atoms with Gasteiger partial charge in [-0.25, -0.2) is 0 Å². The van der Waals surface area contributed by atoms with E-state index in [0.29, 0.717) is 0 Å². The molecule has 0 saturated heterocycles. The van der Waals surface area contributed by atoms with E-state index in [4.69, 9.17) is 5.73 Å². The molecule has 2 aromatic carbocycles. The van der Waals surface area contributed by atoms with Crippen LogP contribution in [0.5, 0.6) is 0 Å². The van der Waals surface area contributed by atoms with Gasteiger partial charge in [-0.05, 0) is 55.3 Å². The minimum Gasteiger partial charge on any atom is -0.399 e. The van der Waals surface area contributed by atoms with Crippen LogP contribution in [0.3, 0.4) is 0 Å². The number of nitrogens with one attached hydrogen (secondary N) is 1. The lowest BCUT2D eigenvalue weighted by Gasteiger charge is -2.11. The van der Waals surface area contributed by atoms with Crippen molar-refractivity contribution in [2.45, 2.75) is 13.8 Å². The predicted octanol–water partition coefficient (Wildman–Crippen LogP) is 4.39. The second-order valence-corrected chi connectivity index (χ2v) is 5.02. The van der Waals surface area contributed by atoms with Crippen LogP contribution in [0.25, 0.3) is 0 Å². The van der Waals surface area contributed by atoms with Crippen LogP contribution in [0.1, 0.15) is 11.1 Å². The maximum atomic E-state index is 5.73. The minimum absolute atomic E-state index is 0.790. The van der Waals surface area contributed by atoms with Crippen LogP contribution in [0.4, 0.5) is 17.1 Å². The molecule has 88 valence electrons. The number of nitrogens with two attached hydrogens (primary N) is 1. The summed E-state index contributed by atoms with van der Waals surface area (Å²) in [4.78, 5) is 0. The molecule has 2 nitrogen and oxygen atoms in total. The molecule has 0 unspecified atom stereocenters. The van der Waals surface area contributed by atoms with Gasteiger partial charge >= 0.3 is 0 Å². The zero-order valence-electron chi connectivity index (χ0n) is 9.92. The molecule has 0 aliphatic rings. The SMILES string of the molecule is Cc1ccc(Nc2ccc(N)cc2C)cc1Br. The van der Waals surface area contributed by atoms with Crippen LogP contribution in [0, 0.1) is 13.8 Å². The third kappa shape index (κ3) is 2.80. The molecule has 0 aliphatic heterocycles. The topological polar surface area (TPSA) is 38.0 Å². The average molecular weight is 291 g/mol. The van der Waals surface area contributed by atoms with Crippen LogP contribution in [-0.4, -0.2) is 0 Å². The molecule has 0 atom stereocenters. The number of anilines is 3. The number of aryl methyl sites for hydroxylation is 2. The largest absolute Gasteiger partial charge is 0.399 e. The Morgan fingerprint density at radius 2 is 1.76 bits per heavy atom. The van der Waals surface area contributed by atoms with Gasteiger partial charge in [0.1, 0.15) is 0 Å². The van der Waals surface area contributed by atoms with Crippen LogP contribution in [0.15, 0.2) is 40.9 Å². The third-order valence-corrected chi connectivity index (χ3v) is 3.56. The summed E-state index contributed by atoms with van der Waals surface area (Å²) < 4.78 is 1.11. The maximum absolute atomic E-state index is 5.73. The molecule has 2 aromatic rings. The summed E-state index contributed by atoms with van der Waals surface area (Å²) in [6.07, 6.45) is 0. The van der Waals surface area contributed by atoms with Crippen LogP contribution in [-0.2, 0) is 0 Å². The minimum atomic E-state index is 0.790.